The van der Waals surface area contributed by atoms with Gasteiger partial charge in [0.2, 0.25) is 0 Å². The third-order valence-corrected chi connectivity index (χ3v) is 3.74. The Balaban J connectivity index is 1.67. The van der Waals surface area contributed by atoms with Gasteiger partial charge in [-0.05, 0) is 19.8 Å². The van der Waals surface area contributed by atoms with E-state index in [0.717, 1.165) is 25.2 Å². The number of hydrogen-bond donors (Lipinski definition) is 1. The number of aromatic nitrogens is 2. The summed E-state index contributed by atoms with van der Waals surface area (Å²) in [6.07, 6.45) is 6.81. The molecule has 1 atom stereocenters. The Kier molecular flexibility index (Phi) is 4.36. The minimum absolute atomic E-state index is 0.0240. The molecule has 0 aliphatic carbocycles. The third kappa shape index (κ3) is 3.74. The van der Waals surface area contributed by atoms with E-state index >= 15 is 0 Å². The Bertz CT molecular complexity index is 744. The molecule has 1 aliphatic rings. The smallest absolute Gasteiger partial charge is 0.287 e. The second-order valence-electron chi connectivity index (χ2n) is 5.59. The van der Waals surface area contributed by atoms with E-state index in [9.17, 15) is 9.59 Å². The van der Waals surface area contributed by atoms with Crippen LogP contribution in [0.3, 0.4) is 0 Å². The molecule has 1 amide bonds. The van der Waals surface area contributed by atoms with Crippen molar-refractivity contribution in [3.8, 4) is 0 Å². The monoisotopic (exact) mass is 314 g/mol. The third-order valence-electron chi connectivity index (χ3n) is 3.74. The number of aryl methyl sites for hydroxylation is 1. The van der Waals surface area contributed by atoms with Gasteiger partial charge in [-0.15, -0.1) is 0 Å². The van der Waals surface area contributed by atoms with Crippen molar-refractivity contribution in [1.82, 2.24) is 15.3 Å². The first-order valence-electron chi connectivity index (χ1n) is 7.55. The average molecular weight is 314 g/mol. The van der Waals surface area contributed by atoms with E-state index in [1.54, 1.807) is 25.5 Å². The molecule has 0 spiro atoms. The van der Waals surface area contributed by atoms with Crippen molar-refractivity contribution in [2.75, 3.05) is 18.0 Å². The van der Waals surface area contributed by atoms with Crippen LogP contribution in [-0.2, 0) is 0 Å². The summed E-state index contributed by atoms with van der Waals surface area (Å²) in [6, 6.07) is 2.54. The van der Waals surface area contributed by atoms with Crippen LogP contribution in [0.15, 0.2) is 39.9 Å². The maximum absolute atomic E-state index is 12.3. The fourth-order valence-electron chi connectivity index (χ4n) is 2.73. The number of hydrogen-bond acceptors (Lipinski definition) is 6. The molecule has 1 aliphatic heterocycles. The largest absolute Gasteiger partial charge is 0.456 e. The lowest BCUT2D eigenvalue weighted by atomic mass is 10.1. The van der Waals surface area contributed by atoms with Gasteiger partial charge in [0.05, 0.1) is 6.20 Å². The molecule has 2 aromatic heterocycles. The Labute approximate surface area is 133 Å². The van der Waals surface area contributed by atoms with Crippen molar-refractivity contribution in [3.05, 3.63) is 52.5 Å². The summed E-state index contributed by atoms with van der Waals surface area (Å²) >= 11 is 0. The van der Waals surface area contributed by atoms with E-state index in [1.165, 1.54) is 12.1 Å². The van der Waals surface area contributed by atoms with E-state index < -0.39 is 0 Å². The van der Waals surface area contributed by atoms with Gasteiger partial charge in [0, 0.05) is 43.7 Å². The van der Waals surface area contributed by atoms with Gasteiger partial charge in [-0.1, -0.05) is 0 Å². The Morgan fingerprint density at radius 1 is 1.39 bits per heavy atom. The fourth-order valence-corrected chi connectivity index (χ4v) is 2.73. The van der Waals surface area contributed by atoms with Crippen LogP contribution in [0.1, 0.15) is 29.2 Å². The van der Waals surface area contributed by atoms with Crippen LogP contribution in [-0.4, -0.2) is 35.0 Å². The minimum atomic E-state index is -0.364. The van der Waals surface area contributed by atoms with Crippen LogP contribution in [0, 0.1) is 6.92 Å². The lowest BCUT2D eigenvalue weighted by Gasteiger charge is -2.33. The number of anilines is 1. The summed E-state index contributed by atoms with van der Waals surface area (Å²) in [5, 5.41) is 2.93. The first kappa shape index (κ1) is 15.2. The molecule has 0 unspecified atom stereocenters. The predicted molar refractivity (Wildman–Crippen MR) is 84.4 cm³/mol. The summed E-state index contributed by atoms with van der Waals surface area (Å²) in [7, 11) is 0. The highest BCUT2D eigenvalue weighted by Crippen LogP contribution is 2.16. The van der Waals surface area contributed by atoms with Crippen molar-refractivity contribution in [1.29, 1.82) is 0 Å². The molecule has 0 saturated carbocycles. The van der Waals surface area contributed by atoms with E-state index in [1.807, 2.05) is 0 Å². The quantitative estimate of drug-likeness (QED) is 0.914. The molecule has 23 heavy (non-hydrogen) atoms. The van der Waals surface area contributed by atoms with Crippen molar-refractivity contribution in [2.24, 2.45) is 0 Å². The standard InChI is InChI=1S/C16H18N4O3/c1-11-7-13(21)8-14(23-11)16(22)19-12-3-2-6-20(10-12)15-9-17-4-5-18-15/h4-5,7-9,12H,2-3,6,10H2,1H3,(H,19,22)/t12-/m0/s1. The van der Waals surface area contributed by atoms with Crippen LogP contribution >= 0.6 is 0 Å². The molecule has 0 radical (unpaired) electrons. The first-order valence-corrected chi connectivity index (χ1v) is 7.55. The van der Waals surface area contributed by atoms with E-state index in [0.29, 0.717) is 12.3 Å². The summed E-state index contributed by atoms with van der Waals surface area (Å²) in [6.45, 7) is 3.18. The van der Waals surface area contributed by atoms with Gasteiger partial charge in [0.25, 0.3) is 5.91 Å². The first-order chi connectivity index (χ1) is 11.1. The zero-order valence-corrected chi connectivity index (χ0v) is 12.9. The van der Waals surface area contributed by atoms with E-state index in [-0.39, 0.29) is 23.1 Å². The second kappa shape index (κ2) is 6.60. The molecule has 1 fully saturated rings. The summed E-state index contributed by atoms with van der Waals surface area (Å²) in [5.74, 6) is 0.907. The minimum Gasteiger partial charge on any atom is -0.456 e. The highest BCUT2D eigenvalue weighted by atomic mass is 16.3. The number of nitrogens with one attached hydrogen (secondary N) is 1. The van der Waals surface area contributed by atoms with Crippen molar-refractivity contribution >= 4 is 11.7 Å². The molecule has 120 valence electrons. The lowest BCUT2D eigenvalue weighted by molar-refractivity contribution is 0.0901. The lowest BCUT2D eigenvalue weighted by Crippen LogP contribution is -2.48. The van der Waals surface area contributed by atoms with Gasteiger partial charge in [-0.3, -0.25) is 14.6 Å². The molecule has 1 N–H and O–H groups in total. The molecule has 2 aromatic rings. The van der Waals surface area contributed by atoms with Gasteiger partial charge in [0.15, 0.2) is 11.2 Å². The predicted octanol–water partition coefficient (Wildman–Crippen LogP) is 1.14. The van der Waals surface area contributed by atoms with E-state index in [4.69, 9.17) is 4.42 Å². The highest BCUT2D eigenvalue weighted by molar-refractivity contribution is 5.91. The zero-order chi connectivity index (χ0) is 16.2. The van der Waals surface area contributed by atoms with Gasteiger partial charge < -0.3 is 14.6 Å². The topological polar surface area (TPSA) is 88.3 Å². The SMILES string of the molecule is Cc1cc(=O)cc(C(=O)N[C@H]2CCCN(c3cnccn3)C2)o1. The zero-order valence-electron chi connectivity index (χ0n) is 12.9. The Morgan fingerprint density at radius 2 is 2.26 bits per heavy atom. The summed E-state index contributed by atoms with van der Waals surface area (Å²) in [5.41, 5.74) is -0.233. The molecule has 3 heterocycles. The maximum Gasteiger partial charge on any atom is 0.287 e. The van der Waals surface area contributed by atoms with Gasteiger partial charge in [0.1, 0.15) is 11.6 Å². The molecule has 1 saturated heterocycles. The molecule has 0 bridgehead atoms. The molecule has 7 heteroatoms. The number of rotatable bonds is 3. The number of amides is 1. The molecule has 0 aromatic carbocycles. The van der Waals surface area contributed by atoms with Gasteiger partial charge in [-0.25, -0.2) is 4.98 Å². The molecule has 7 nitrogen and oxygen atoms in total. The van der Waals surface area contributed by atoms with Crippen LogP contribution in [0.4, 0.5) is 5.82 Å². The average Bonchev–Trinajstić information content (AvgIpc) is 2.55. The summed E-state index contributed by atoms with van der Waals surface area (Å²) in [4.78, 5) is 34.2. The Hall–Kier alpha value is -2.70. The number of carbonyl (C=O) groups is 1. The van der Waals surface area contributed by atoms with Crippen molar-refractivity contribution in [3.63, 3.8) is 0 Å². The van der Waals surface area contributed by atoms with Crippen molar-refractivity contribution in [2.45, 2.75) is 25.8 Å². The number of carbonyl (C=O) groups excluding carboxylic acids is 1. The van der Waals surface area contributed by atoms with Crippen LogP contribution < -0.4 is 15.6 Å². The van der Waals surface area contributed by atoms with Gasteiger partial charge >= 0.3 is 0 Å². The normalized spacial score (nSPS) is 17.8. The van der Waals surface area contributed by atoms with Crippen molar-refractivity contribution < 1.29 is 9.21 Å². The maximum atomic E-state index is 12.3. The van der Waals surface area contributed by atoms with Crippen LogP contribution in [0.25, 0.3) is 0 Å². The fraction of sp³-hybridized carbons (Fsp3) is 0.375. The number of nitrogens with zero attached hydrogens (tertiary/aromatic N) is 3. The molecular weight excluding hydrogens is 296 g/mol. The highest BCUT2D eigenvalue weighted by Gasteiger charge is 2.23. The van der Waals surface area contributed by atoms with E-state index in [2.05, 4.69) is 20.2 Å². The number of piperidine rings is 1. The van der Waals surface area contributed by atoms with Gasteiger partial charge in [-0.2, -0.15) is 0 Å². The summed E-state index contributed by atoms with van der Waals surface area (Å²) < 4.78 is 5.32. The Morgan fingerprint density at radius 3 is 3.00 bits per heavy atom. The molecule has 3 rings (SSSR count). The second-order valence-corrected chi connectivity index (χ2v) is 5.59. The molecular formula is C16H18N4O3. The van der Waals surface area contributed by atoms with Crippen LogP contribution in [0.2, 0.25) is 0 Å². The van der Waals surface area contributed by atoms with Crippen LogP contribution in [0.5, 0.6) is 0 Å².